The number of anilines is 1. The van der Waals surface area contributed by atoms with Crippen molar-refractivity contribution in [2.75, 3.05) is 10.8 Å². The molecule has 0 spiro atoms. The van der Waals surface area contributed by atoms with Gasteiger partial charge in [0.05, 0.1) is 16.6 Å². The van der Waals surface area contributed by atoms with E-state index in [1.807, 2.05) is 74.5 Å². The Labute approximate surface area is 221 Å². The zero-order valence-corrected chi connectivity index (χ0v) is 22.5. The Morgan fingerprint density at radius 3 is 2.00 bits per heavy atom. The molecular formula is C29H27BrN2O3S. The van der Waals surface area contributed by atoms with E-state index in [1.54, 1.807) is 42.5 Å². The third-order valence-corrected chi connectivity index (χ3v) is 8.12. The van der Waals surface area contributed by atoms with Crippen molar-refractivity contribution in [1.29, 1.82) is 0 Å². The zero-order valence-electron chi connectivity index (χ0n) is 20.1. The summed E-state index contributed by atoms with van der Waals surface area (Å²) in [7, 11) is -4.00. The zero-order chi connectivity index (χ0) is 25.7. The lowest BCUT2D eigenvalue weighted by molar-refractivity contribution is -0.120. The van der Waals surface area contributed by atoms with E-state index in [1.165, 1.54) is 0 Å². The van der Waals surface area contributed by atoms with Gasteiger partial charge in [0.15, 0.2) is 0 Å². The predicted molar refractivity (Wildman–Crippen MR) is 147 cm³/mol. The monoisotopic (exact) mass is 562 g/mol. The molecule has 4 aromatic rings. The molecule has 0 aliphatic heterocycles. The fraction of sp³-hybridized carbons (Fsp3) is 0.138. The van der Waals surface area contributed by atoms with Gasteiger partial charge in [-0.3, -0.25) is 9.10 Å². The first-order valence-corrected chi connectivity index (χ1v) is 13.7. The molecule has 4 aromatic carbocycles. The van der Waals surface area contributed by atoms with Crippen LogP contribution in [0.2, 0.25) is 0 Å². The van der Waals surface area contributed by atoms with Crippen LogP contribution < -0.4 is 9.62 Å². The Morgan fingerprint density at radius 2 is 1.39 bits per heavy atom. The van der Waals surface area contributed by atoms with Gasteiger partial charge in [-0.2, -0.15) is 0 Å². The second-order valence-corrected chi connectivity index (χ2v) is 11.4. The Kier molecular flexibility index (Phi) is 7.91. The summed E-state index contributed by atoms with van der Waals surface area (Å²) in [5.41, 5.74) is 4.28. The molecule has 1 amide bonds. The Hall–Kier alpha value is -3.42. The minimum Gasteiger partial charge on any atom is -0.344 e. The second kappa shape index (κ2) is 11.1. The minimum absolute atomic E-state index is 0.124. The predicted octanol–water partition coefficient (Wildman–Crippen LogP) is 6.17. The van der Waals surface area contributed by atoms with E-state index >= 15 is 0 Å². The first-order chi connectivity index (χ1) is 17.2. The van der Waals surface area contributed by atoms with E-state index in [2.05, 4.69) is 21.2 Å². The molecular weight excluding hydrogens is 536 g/mol. The Bertz CT molecular complexity index is 1440. The van der Waals surface area contributed by atoms with Crippen molar-refractivity contribution in [3.05, 3.63) is 130 Å². The topological polar surface area (TPSA) is 66.5 Å². The number of rotatable bonds is 8. The standard InChI is InChI=1S/C29H27BrN2O3S/c1-21-11-15-24(16-12-21)29(23-7-4-3-5-8-23)31-28(33)20-32(26-10-6-9-25(30)19-26)36(34,35)27-17-13-22(2)14-18-27/h3-19,29H,20H2,1-2H3,(H,31,33)/t29-/m1/s1. The van der Waals surface area contributed by atoms with E-state index in [0.717, 1.165) is 26.6 Å². The average Bonchev–Trinajstić information content (AvgIpc) is 2.87. The number of carbonyl (C=O) groups excluding carboxylic acids is 1. The number of hydrogen-bond acceptors (Lipinski definition) is 3. The number of carbonyl (C=O) groups is 1. The van der Waals surface area contributed by atoms with Gasteiger partial charge in [0.2, 0.25) is 5.91 Å². The molecule has 0 aliphatic rings. The van der Waals surface area contributed by atoms with Crippen LogP contribution in [0.5, 0.6) is 0 Å². The average molecular weight is 564 g/mol. The van der Waals surface area contributed by atoms with Crippen LogP contribution >= 0.6 is 15.9 Å². The maximum atomic E-state index is 13.7. The summed E-state index contributed by atoms with van der Waals surface area (Å²) in [5.74, 6) is -0.417. The maximum Gasteiger partial charge on any atom is 0.264 e. The van der Waals surface area contributed by atoms with Gasteiger partial charge in [-0.1, -0.05) is 99.9 Å². The molecule has 1 atom stereocenters. The van der Waals surface area contributed by atoms with E-state index in [4.69, 9.17) is 0 Å². The lowest BCUT2D eigenvalue weighted by Crippen LogP contribution is -2.42. The fourth-order valence-corrected chi connectivity index (χ4v) is 5.68. The van der Waals surface area contributed by atoms with Crippen molar-refractivity contribution in [2.45, 2.75) is 24.8 Å². The normalized spacial score (nSPS) is 12.1. The van der Waals surface area contributed by atoms with Crippen LogP contribution in [0.1, 0.15) is 28.3 Å². The molecule has 0 aromatic heterocycles. The van der Waals surface area contributed by atoms with E-state index in [9.17, 15) is 13.2 Å². The molecule has 0 bridgehead atoms. The Morgan fingerprint density at radius 1 is 0.806 bits per heavy atom. The lowest BCUT2D eigenvalue weighted by Gasteiger charge is -2.26. The van der Waals surface area contributed by atoms with Crippen molar-refractivity contribution in [3.8, 4) is 0 Å². The van der Waals surface area contributed by atoms with Crippen LogP contribution in [-0.4, -0.2) is 20.9 Å². The first-order valence-electron chi connectivity index (χ1n) is 11.5. The maximum absolute atomic E-state index is 13.7. The van der Waals surface area contributed by atoms with E-state index in [-0.39, 0.29) is 11.4 Å². The third-order valence-electron chi connectivity index (χ3n) is 5.84. The highest BCUT2D eigenvalue weighted by Crippen LogP contribution is 2.27. The number of halogens is 1. The summed E-state index contributed by atoms with van der Waals surface area (Å²) >= 11 is 3.41. The quantitative estimate of drug-likeness (QED) is 0.279. The van der Waals surface area contributed by atoms with Gasteiger partial charge in [0.25, 0.3) is 10.0 Å². The smallest absolute Gasteiger partial charge is 0.264 e. The van der Waals surface area contributed by atoms with Crippen molar-refractivity contribution in [1.82, 2.24) is 5.32 Å². The van der Waals surface area contributed by atoms with Crippen LogP contribution in [0.3, 0.4) is 0 Å². The molecule has 0 unspecified atom stereocenters. The number of benzene rings is 4. The van der Waals surface area contributed by atoms with Crippen LogP contribution in [0.15, 0.2) is 112 Å². The van der Waals surface area contributed by atoms with Crippen molar-refractivity contribution >= 4 is 37.5 Å². The highest BCUT2D eigenvalue weighted by Gasteiger charge is 2.28. The molecule has 0 fully saturated rings. The molecule has 36 heavy (non-hydrogen) atoms. The highest BCUT2D eigenvalue weighted by atomic mass is 79.9. The largest absolute Gasteiger partial charge is 0.344 e. The molecule has 1 N–H and O–H groups in total. The van der Waals surface area contributed by atoms with Crippen molar-refractivity contribution in [3.63, 3.8) is 0 Å². The minimum atomic E-state index is -4.00. The van der Waals surface area contributed by atoms with Gasteiger partial charge in [-0.15, -0.1) is 0 Å². The summed E-state index contributed by atoms with van der Waals surface area (Å²) in [6, 6.07) is 30.7. The number of hydrogen-bond donors (Lipinski definition) is 1. The van der Waals surface area contributed by atoms with E-state index < -0.39 is 22.0 Å². The van der Waals surface area contributed by atoms with Crippen LogP contribution in [0.25, 0.3) is 0 Å². The van der Waals surface area contributed by atoms with Gasteiger partial charge in [0, 0.05) is 4.47 Å². The number of aryl methyl sites for hydroxylation is 2. The molecule has 0 saturated heterocycles. The molecule has 0 heterocycles. The molecule has 4 rings (SSSR count). The number of amides is 1. The SMILES string of the molecule is Cc1ccc([C@H](NC(=O)CN(c2cccc(Br)c2)S(=O)(=O)c2ccc(C)cc2)c2ccccc2)cc1. The number of sulfonamides is 1. The van der Waals surface area contributed by atoms with Gasteiger partial charge >= 0.3 is 0 Å². The Balaban J connectivity index is 1.68. The molecule has 0 aliphatic carbocycles. The second-order valence-electron chi connectivity index (χ2n) is 8.63. The summed E-state index contributed by atoms with van der Waals surface area (Å²) in [5, 5.41) is 3.06. The van der Waals surface area contributed by atoms with Gasteiger partial charge < -0.3 is 5.32 Å². The molecule has 7 heteroatoms. The summed E-state index contributed by atoms with van der Waals surface area (Å²) < 4.78 is 29.2. The van der Waals surface area contributed by atoms with E-state index in [0.29, 0.717) is 10.2 Å². The molecule has 184 valence electrons. The number of nitrogens with one attached hydrogen (secondary N) is 1. The first kappa shape index (κ1) is 25.7. The fourth-order valence-electron chi connectivity index (χ4n) is 3.88. The lowest BCUT2D eigenvalue weighted by atomic mass is 9.98. The third kappa shape index (κ3) is 6.04. The van der Waals surface area contributed by atoms with Gasteiger partial charge in [-0.25, -0.2) is 8.42 Å². The molecule has 5 nitrogen and oxygen atoms in total. The molecule has 0 radical (unpaired) electrons. The summed E-state index contributed by atoms with van der Waals surface area (Å²) in [6.07, 6.45) is 0. The van der Waals surface area contributed by atoms with Crippen LogP contribution in [-0.2, 0) is 14.8 Å². The van der Waals surface area contributed by atoms with Gasteiger partial charge in [0.1, 0.15) is 6.54 Å². The summed E-state index contributed by atoms with van der Waals surface area (Å²) in [4.78, 5) is 13.6. The van der Waals surface area contributed by atoms with Crippen molar-refractivity contribution in [2.24, 2.45) is 0 Å². The van der Waals surface area contributed by atoms with Crippen LogP contribution in [0.4, 0.5) is 5.69 Å². The van der Waals surface area contributed by atoms with Crippen molar-refractivity contribution < 1.29 is 13.2 Å². The molecule has 0 saturated carbocycles. The van der Waals surface area contributed by atoms with Gasteiger partial charge in [-0.05, 0) is 55.3 Å². The highest BCUT2D eigenvalue weighted by molar-refractivity contribution is 9.10. The number of nitrogens with zero attached hydrogens (tertiary/aromatic N) is 1. The van der Waals surface area contributed by atoms with Crippen LogP contribution in [0, 0.1) is 13.8 Å². The summed E-state index contributed by atoms with van der Waals surface area (Å²) in [6.45, 7) is 3.53.